The van der Waals surface area contributed by atoms with Gasteiger partial charge in [-0.05, 0) is 12.1 Å². The van der Waals surface area contributed by atoms with E-state index >= 15 is 0 Å². The number of rotatable bonds is 0. The molecule has 11 heavy (non-hydrogen) atoms. The zero-order chi connectivity index (χ0) is 7.68. The molecule has 0 N–H and O–H groups in total. The van der Waals surface area contributed by atoms with Crippen molar-refractivity contribution in [3.63, 3.8) is 0 Å². The van der Waals surface area contributed by atoms with Crippen molar-refractivity contribution in [1.82, 2.24) is 9.97 Å². The van der Waals surface area contributed by atoms with Gasteiger partial charge in [0.05, 0.1) is 5.51 Å². The van der Waals surface area contributed by atoms with Gasteiger partial charge in [-0.25, -0.2) is 9.97 Å². The maximum atomic E-state index is 8.51. The topological polar surface area (TPSA) is 49.6 Å². The standard InChI is InChI=1S/C7H3N3S/c8-3-5-1-2-6-7(10-5)11-4-9-6/h1-2,4H. The molecule has 0 aliphatic rings. The van der Waals surface area contributed by atoms with Crippen LogP contribution in [-0.2, 0) is 0 Å². The van der Waals surface area contributed by atoms with E-state index in [4.69, 9.17) is 5.26 Å². The van der Waals surface area contributed by atoms with Gasteiger partial charge in [0.25, 0.3) is 0 Å². The Balaban J connectivity index is 2.79. The molecule has 0 aliphatic carbocycles. The van der Waals surface area contributed by atoms with Gasteiger partial charge < -0.3 is 0 Å². The molecule has 3 nitrogen and oxygen atoms in total. The van der Waals surface area contributed by atoms with Crippen molar-refractivity contribution in [3.05, 3.63) is 23.3 Å². The number of hydrogen-bond donors (Lipinski definition) is 0. The first kappa shape index (κ1) is 6.25. The zero-order valence-corrected chi connectivity index (χ0v) is 6.30. The summed E-state index contributed by atoms with van der Waals surface area (Å²) >= 11 is 1.44. The summed E-state index contributed by atoms with van der Waals surface area (Å²) in [4.78, 5) is 8.91. The largest absolute Gasteiger partial charge is 0.243 e. The summed E-state index contributed by atoms with van der Waals surface area (Å²) in [6.07, 6.45) is 0. The minimum absolute atomic E-state index is 0.446. The molecule has 2 aromatic heterocycles. The van der Waals surface area contributed by atoms with Crippen LogP contribution in [0.5, 0.6) is 0 Å². The summed E-state index contributed by atoms with van der Waals surface area (Å²) in [7, 11) is 0. The highest BCUT2D eigenvalue weighted by molar-refractivity contribution is 7.16. The van der Waals surface area contributed by atoms with Gasteiger partial charge in [0.15, 0.2) is 0 Å². The van der Waals surface area contributed by atoms with Gasteiger partial charge in [-0.3, -0.25) is 0 Å². The molecular weight excluding hydrogens is 158 g/mol. The van der Waals surface area contributed by atoms with E-state index in [9.17, 15) is 0 Å². The molecule has 0 saturated heterocycles. The Kier molecular flexibility index (Phi) is 1.30. The number of fused-ring (bicyclic) bond motifs is 1. The van der Waals surface area contributed by atoms with Crippen LogP contribution in [0.2, 0.25) is 0 Å². The molecule has 0 aromatic carbocycles. The lowest BCUT2D eigenvalue weighted by Crippen LogP contribution is -1.79. The van der Waals surface area contributed by atoms with Gasteiger partial charge in [-0.1, -0.05) is 0 Å². The van der Waals surface area contributed by atoms with Crippen LogP contribution < -0.4 is 0 Å². The highest BCUT2D eigenvalue weighted by atomic mass is 32.1. The molecule has 4 heteroatoms. The highest BCUT2D eigenvalue weighted by Crippen LogP contribution is 2.14. The lowest BCUT2D eigenvalue weighted by Gasteiger charge is -1.85. The number of nitrogens with zero attached hydrogens (tertiary/aromatic N) is 3. The van der Waals surface area contributed by atoms with Crippen LogP contribution >= 0.6 is 11.3 Å². The second-order valence-electron chi connectivity index (χ2n) is 1.98. The fourth-order valence-electron chi connectivity index (χ4n) is 0.813. The van der Waals surface area contributed by atoms with Crippen molar-refractivity contribution >= 4 is 21.7 Å². The third-order valence-corrected chi connectivity index (χ3v) is 2.05. The Bertz CT molecular complexity index is 426. The Morgan fingerprint density at radius 2 is 2.36 bits per heavy atom. The van der Waals surface area contributed by atoms with Crippen LogP contribution in [0.4, 0.5) is 0 Å². The van der Waals surface area contributed by atoms with E-state index in [0.717, 1.165) is 10.3 Å². The Hall–Kier alpha value is -1.47. The first-order valence-corrected chi connectivity index (χ1v) is 3.88. The predicted molar refractivity (Wildman–Crippen MR) is 42.1 cm³/mol. The molecule has 0 fully saturated rings. The van der Waals surface area contributed by atoms with E-state index in [1.54, 1.807) is 17.6 Å². The highest BCUT2D eigenvalue weighted by Gasteiger charge is 1.97. The summed E-state index contributed by atoms with van der Waals surface area (Å²) < 4.78 is 0. The van der Waals surface area contributed by atoms with Crippen LogP contribution in [0.1, 0.15) is 5.69 Å². The van der Waals surface area contributed by atoms with Crippen LogP contribution in [-0.4, -0.2) is 9.97 Å². The van der Waals surface area contributed by atoms with Gasteiger partial charge >= 0.3 is 0 Å². The summed E-state index contributed by atoms with van der Waals surface area (Å²) in [6.45, 7) is 0. The lowest BCUT2D eigenvalue weighted by atomic mass is 10.4. The molecule has 0 aliphatic heterocycles. The van der Waals surface area contributed by atoms with Crippen molar-refractivity contribution in [1.29, 1.82) is 5.26 Å². The Morgan fingerprint density at radius 1 is 1.45 bits per heavy atom. The van der Waals surface area contributed by atoms with Crippen LogP contribution in [0.15, 0.2) is 17.6 Å². The van der Waals surface area contributed by atoms with Crippen LogP contribution in [0.25, 0.3) is 10.3 Å². The number of pyridine rings is 1. The van der Waals surface area contributed by atoms with E-state index in [-0.39, 0.29) is 0 Å². The molecule has 0 radical (unpaired) electrons. The number of hydrogen-bond acceptors (Lipinski definition) is 4. The molecule has 0 atom stereocenters. The molecule has 52 valence electrons. The second kappa shape index (κ2) is 2.29. The minimum atomic E-state index is 0.446. The Morgan fingerprint density at radius 3 is 3.18 bits per heavy atom. The van der Waals surface area contributed by atoms with Gasteiger partial charge in [-0.15, -0.1) is 11.3 Å². The minimum Gasteiger partial charge on any atom is -0.243 e. The number of aromatic nitrogens is 2. The van der Waals surface area contributed by atoms with Gasteiger partial charge in [0.1, 0.15) is 22.1 Å². The molecule has 2 aromatic rings. The molecule has 0 unspecified atom stereocenters. The first-order valence-electron chi connectivity index (χ1n) is 3.00. The van der Waals surface area contributed by atoms with Crippen molar-refractivity contribution in [3.8, 4) is 6.07 Å². The zero-order valence-electron chi connectivity index (χ0n) is 5.48. The fraction of sp³-hybridized carbons (Fsp3) is 0. The summed E-state index contributed by atoms with van der Waals surface area (Å²) in [6, 6.07) is 5.45. The smallest absolute Gasteiger partial charge is 0.144 e. The summed E-state index contributed by atoms with van der Waals surface area (Å²) in [5, 5.41) is 8.51. The average Bonchev–Trinajstić information content (AvgIpc) is 2.50. The van der Waals surface area contributed by atoms with Crippen LogP contribution in [0.3, 0.4) is 0 Å². The maximum Gasteiger partial charge on any atom is 0.144 e. The van der Waals surface area contributed by atoms with E-state index in [1.807, 2.05) is 6.07 Å². The fourth-order valence-corrected chi connectivity index (χ4v) is 1.47. The SMILES string of the molecule is N#Cc1ccc2ncsc2n1. The predicted octanol–water partition coefficient (Wildman–Crippen LogP) is 1.56. The first-order chi connectivity index (χ1) is 5.40. The van der Waals surface area contributed by atoms with E-state index in [1.165, 1.54) is 11.3 Å². The molecule has 2 rings (SSSR count). The monoisotopic (exact) mass is 161 g/mol. The molecule has 0 amide bonds. The second-order valence-corrected chi connectivity index (χ2v) is 2.82. The normalized spacial score (nSPS) is 9.73. The number of thiazole rings is 1. The third kappa shape index (κ3) is 0.954. The molecule has 0 saturated carbocycles. The van der Waals surface area contributed by atoms with Crippen molar-refractivity contribution in [2.75, 3.05) is 0 Å². The quantitative estimate of drug-likeness (QED) is 0.589. The van der Waals surface area contributed by atoms with E-state index in [2.05, 4.69) is 9.97 Å². The van der Waals surface area contributed by atoms with Crippen molar-refractivity contribution < 1.29 is 0 Å². The van der Waals surface area contributed by atoms with Gasteiger partial charge in [-0.2, -0.15) is 5.26 Å². The van der Waals surface area contributed by atoms with Crippen LogP contribution in [0, 0.1) is 11.3 Å². The molecular formula is C7H3N3S. The summed E-state index contributed by atoms with van der Waals surface area (Å²) in [5.74, 6) is 0. The van der Waals surface area contributed by atoms with E-state index in [0.29, 0.717) is 5.69 Å². The average molecular weight is 161 g/mol. The van der Waals surface area contributed by atoms with Gasteiger partial charge in [0.2, 0.25) is 0 Å². The lowest BCUT2D eigenvalue weighted by molar-refractivity contribution is 1.33. The van der Waals surface area contributed by atoms with Crippen molar-refractivity contribution in [2.45, 2.75) is 0 Å². The van der Waals surface area contributed by atoms with E-state index < -0.39 is 0 Å². The third-order valence-electron chi connectivity index (χ3n) is 1.31. The van der Waals surface area contributed by atoms with Gasteiger partial charge in [0, 0.05) is 0 Å². The Labute approximate surface area is 67.0 Å². The molecule has 0 bridgehead atoms. The maximum absolute atomic E-state index is 8.51. The number of nitriles is 1. The molecule has 2 heterocycles. The van der Waals surface area contributed by atoms with Crippen molar-refractivity contribution in [2.24, 2.45) is 0 Å². The summed E-state index contributed by atoms with van der Waals surface area (Å²) in [5.41, 5.74) is 3.02. The molecule has 0 spiro atoms.